The number of rotatable bonds is 7. The van der Waals surface area contributed by atoms with E-state index in [1.807, 2.05) is 0 Å². The van der Waals surface area contributed by atoms with Crippen LogP contribution in [0.1, 0.15) is 148 Å². The van der Waals surface area contributed by atoms with Crippen molar-refractivity contribution >= 4 is 17.1 Å². The molecule has 7 aromatic carbocycles. The molecule has 0 spiro atoms. The fourth-order valence-electron chi connectivity index (χ4n) is 10.4. The summed E-state index contributed by atoms with van der Waals surface area (Å²) in [5.41, 5.74) is 21.9. The van der Waals surface area contributed by atoms with Crippen LogP contribution in [0.5, 0.6) is 0 Å². The van der Waals surface area contributed by atoms with Gasteiger partial charge in [-0.3, -0.25) is 0 Å². The normalized spacial score (nSPS) is 15.2. The number of hydrogen-bond donors (Lipinski definition) is 0. The van der Waals surface area contributed by atoms with E-state index in [0.717, 1.165) is 0 Å². The maximum atomic E-state index is 2.54. The van der Waals surface area contributed by atoms with Crippen LogP contribution < -0.4 is 4.90 Å². The molecule has 0 aromatic heterocycles. The fourth-order valence-corrected chi connectivity index (χ4v) is 10.4. The lowest BCUT2D eigenvalue weighted by Crippen LogP contribution is -2.18. The third-order valence-corrected chi connectivity index (χ3v) is 14.5. The van der Waals surface area contributed by atoms with Gasteiger partial charge in [0.2, 0.25) is 0 Å². The Kier molecular flexibility index (Phi) is 11.2. The van der Waals surface area contributed by atoms with Gasteiger partial charge >= 0.3 is 0 Å². The van der Waals surface area contributed by atoms with Gasteiger partial charge in [0.1, 0.15) is 0 Å². The van der Waals surface area contributed by atoms with Crippen LogP contribution in [0, 0.1) is 0 Å². The molecule has 64 heavy (non-hydrogen) atoms. The lowest BCUT2D eigenvalue weighted by Gasteiger charge is -2.32. The van der Waals surface area contributed by atoms with Gasteiger partial charge in [-0.15, -0.1) is 0 Å². The Hall–Kier alpha value is -5.66. The molecule has 0 aliphatic heterocycles. The quantitative estimate of drug-likeness (QED) is 0.155. The van der Waals surface area contributed by atoms with Crippen molar-refractivity contribution in [1.29, 1.82) is 0 Å². The van der Waals surface area contributed by atoms with Crippen LogP contribution in [0.4, 0.5) is 17.1 Å². The molecule has 0 bridgehead atoms. The number of fused-ring (bicyclic) bond motifs is 3. The lowest BCUT2D eigenvalue weighted by atomic mass is 9.79. The van der Waals surface area contributed by atoms with Gasteiger partial charge in [-0.1, -0.05) is 217 Å². The zero-order chi connectivity index (χ0) is 45.2. The van der Waals surface area contributed by atoms with Crippen LogP contribution in [0.15, 0.2) is 152 Å². The van der Waals surface area contributed by atoms with Crippen LogP contribution in [0.3, 0.4) is 0 Å². The zero-order valence-corrected chi connectivity index (χ0v) is 40.5. The van der Waals surface area contributed by atoms with Gasteiger partial charge in [0.05, 0.1) is 5.69 Å². The smallest absolute Gasteiger partial charge is 0.0540 e. The summed E-state index contributed by atoms with van der Waals surface area (Å²) in [6.45, 7) is 25.7. The average molecular weight is 840 g/mol. The lowest BCUT2D eigenvalue weighted by molar-refractivity contribution is 0.443. The Labute approximate surface area is 385 Å². The number of hydrogen-bond acceptors (Lipinski definition) is 1. The van der Waals surface area contributed by atoms with Gasteiger partial charge in [-0.25, -0.2) is 0 Å². The Bertz CT molecular complexity index is 2770. The summed E-state index contributed by atoms with van der Waals surface area (Å²) in [7, 11) is 0. The predicted octanol–water partition coefficient (Wildman–Crippen LogP) is 18.4. The summed E-state index contributed by atoms with van der Waals surface area (Å²) in [6, 6.07) is 58.7. The van der Waals surface area contributed by atoms with E-state index >= 15 is 0 Å². The largest absolute Gasteiger partial charge is 0.310 e. The van der Waals surface area contributed by atoms with Crippen molar-refractivity contribution in [2.45, 2.75) is 136 Å². The Morgan fingerprint density at radius 2 is 0.906 bits per heavy atom. The van der Waals surface area contributed by atoms with Crippen molar-refractivity contribution in [3.8, 4) is 44.5 Å². The highest BCUT2D eigenvalue weighted by atomic mass is 15.1. The third kappa shape index (κ3) is 8.40. The molecule has 0 N–H and O–H groups in total. The monoisotopic (exact) mass is 840 g/mol. The summed E-state index contributed by atoms with van der Waals surface area (Å²) >= 11 is 0. The van der Waals surface area contributed by atoms with Crippen LogP contribution >= 0.6 is 0 Å². The topological polar surface area (TPSA) is 3.24 Å². The van der Waals surface area contributed by atoms with Crippen LogP contribution in [0.25, 0.3) is 44.5 Å². The van der Waals surface area contributed by atoms with Gasteiger partial charge in [-0.05, 0) is 138 Å². The second-order valence-electron chi connectivity index (χ2n) is 22.6. The maximum absolute atomic E-state index is 2.54. The minimum absolute atomic E-state index is 0.0567. The number of nitrogens with zero attached hydrogens (tertiary/aromatic N) is 1. The van der Waals surface area contributed by atoms with E-state index in [2.05, 4.69) is 233 Å². The molecule has 1 nitrogen and oxygen atoms in total. The second-order valence-corrected chi connectivity index (χ2v) is 22.6. The van der Waals surface area contributed by atoms with E-state index in [4.69, 9.17) is 0 Å². The van der Waals surface area contributed by atoms with Gasteiger partial charge < -0.3 is 4.90 Å². The predicted molar refractivity (Wildman–Crippen MR) is 277 cm³/mol. The minimum Gasteiger partial charge on any atom is -0.310 e. The third-order valence-electron chi connectivity index (χ3n) is 14.5. The molecule has 2 aliphatic carbocycles. The summed E-state index contributed by atoms with van der Waals surface area (Å²) in [4.78, 5) is 2.54. The first-order valence-electron chi connectivity index (χ1n) is 24.0. The maximum Gasteiger partial charge on any atom is 0.0540 e. The standard InChI is InChI=1S/C63H69N/c1-60(2,3)49-35-47(36-50(39-49)61(4,5)6)44-25-27-45(28-26-44)48-37-51(62(7,8)9)40-53(38-48)64(52-33-34-56-55-22-15-17-23-57(55)63(10,11)58(56)41-52)59-24-18-16-21-54(59)46-31-29-43(30-32-46)42-19-13-12-14-20-42/h15-18,21-42H,12-14,19-20H2,1-11H3. The van der Waals surface area contributed by atoms with Crippen molar-refractivity contribution < 1.29 is 0 Å². The first-order valence-corrected chi connectivity index (χ1v) is 24.0. The van der Waals surface area contributed by atoms with Crippen LogP contribution in [0.2, 0.25) is 0 Å². The highest BCUT2D eigenvalue weighted by Gasteiger charge is 2.36. The average Bonchev–Trinajstić information content (AvgIpc) is 3.51. The highest BCUT2D eigenvalue weighted by Crippen LogP contribution is 2.52. The van der Waals surface area contributed by atoms with E-state index in [9.17, 15) is 0 Å². The molecule has 0 amide bonds. The SMILES string of the molecule is CC(C)(C)c1cc(-c2ccc(-c3cc(C(C)(C)C)cc(C(C)(C)C)c3)cc2)cc(N(c2ccc3c(c2)C(C)(C)c2ccccc2-3)c2ccccc2-c2ccc(C3CCCCC3)cc2)c1. The molecule has 1 saturated carbocycles. The second kappa shape index (κ2) is 16.4. The Balaban J connectivity index is 1.20. The summed E-state index contributed by atoms with van der Waals surface area (Å²) in [5.74, 6) is 0.677. The molecule has 0 saturated heterocycles. The van der Waals surface area contributed by atoms with Crippen molar-refractivity contribution in [2.24, 2.45) is 0 Å². The minimum atomic E-state index is -0.123. The van der Waals surface area contributed by atoms with Crippen molar-refractivity contribution in [2.75, 3.05) is 4.90 Å². The summed E-state index contributed by atoms with van der Waals surface area (Å²) < 4.78 is 0. The van der Waals surface area contributed by atoms with Gasteiger partial charge in [-0.2, -0.15) is 0 Å². The molecule has 1 fully saturated rings. The zero-order valence-electron chi connectivity index (χ0n) is 40.5. The van der Waals surface area contributed by atoms with E-state index < -0.39 is 0 Å². The van der Waals surface area contributed by atoms with E-state index in [0.29, 0.717) is 5.92 Å². The van der Waals surface area contributed by atoms with E-state index in [-0.39, 0.29) is 21.7 Å². The van der Waals surface area contributed by atoms with Gasteiger partial charge in [0, 0.05) is 22.4 Å². The molecule has 0 atom stereocenters. The Morgan fingerprint density at radius 1 is 0.406 bits per heavy atom. The molecule has 0 unspecified atom stereocenters. The molecule has 0 radical (unpaired) electrons. The fraction of sp³-hybridized carbons (Fsp3) is 0.333. The molecule has 1 heteroatoms. The number of para-hydroxylation sites is 1. The first-order chi connectivity index (χ1) is 30.4. The van der Waals surface area contributed by atoms with Gasteiger partial charge in [0.25, 0.3) is 0 Å². The summed E-state index contributed by atoms with van der Waals surface area (Å²) in [6.07, 6.45) is 6.67. The molecule has 0 heterocycles. The molecule has 2 aliphatic rings. The van der Waals surface area contributed by atoms with Crippen molar-refractivity contribution in [3.63, 3.8) is 0 Å². The van der Waals surface area contributed by atoms with Crippen LogP contribution in [-0.4, -0.2) is 0 Å². The molecule has 7 aromatic rings. The van der Waals surface area contributed by atoms with Crippen molar-refractivity contribution in [3.05, 3.63) is 185 Å². The molecular formula is C63H69N. The van der Waals surface area contributed by atoms with Gasteiger partial charge in [0.15, 0.2) is 0 Å². The molecular weight excluding hydrogens is 771 g/mol. The number of benzene rings is 7. The van der Waals surface area contributed by atoms with E-state index in [1.54, 1.807) is 0 Å². The number of anilines is 3. The molecule has 9 rings (SSSR count). The molecule has 326 valence electrons. The van der Waals surface area contributed by atoms with Crippen LogP contribution in [-0.2, 0) is 21.7 Å². The highest BCUT2D eigenvalue weighted by molar-refractivity contribution is 5.92. The summed E-state index contributed by atoms with van der Waals surface area (Å²) in [5, 5.41) is 0. The first kappa shape index (κ1) is 43.6. The van der Waals surface area contributed by atoms with Crippen molar-refractivity contribution in [1.82, 2.24) is 0 Å². The van der Waals surface area contributed by atoms with E-state index in [1.165, 1.54) is 127 Å². The Morgan fingerprint density at radius 3 is 1.50 bits per heavy atom.